The van der Waals surface area contributed by atoms with Crippen molar-refractivity contribution in [1.29, 1.82) is 0 Å². The molecule has 0 bridgehead atoms. The maximum Gasteiger partial charge on any atom is 0.144 e. The molecule has 0 atom stereocenters. The van der Waals surface area contributed by atoms with Gasteiger partial charge < -0.3 is 10.1 Å². The number of hydrogen-bond donors (Lipinski definition) is 1. The van der Waals surface area contributed by atoms with Crippen LogP contribution in [-0.4, -0.2) is 48.7 Å². The second kappa shape index (κ2) is 7.14. The van der Waals surface area contributed by atoms with E-state index in [1.54, 1.807) is 12.4 Å². The third-order valence-corrected chi connectivity index (χ3v) is 2.21. The molecule has 0 amide bonds. The Hall–Kier alpha value is -1.20. The Morgan fingerprint density at radius 3 is 2.75 bits per heavy atom. The first-order valence-corrected chi connectivity index (χ1v) is 5.51. The summed E-state index contributed by atoms with van der Waals surface area (Å²) in [5, 5.41) is 2.94. The lowest BCUT2D eigenvalue weighted by Crippen LogP contribution is -2.23. The van der Waals surface area contributed by atoms with E-state index in [4.69, 9.17) is 4.74 Å². The van der Waals surface area contributed by atoms with Crippen LogP contribution in [0.4, 0.5) is 5.82 Å². The van der Waals surface area contributed by atoms with Gasteiger partial charge >= 0.3 is 0 Å². The Morgan fingerprint density at radius 1 is 1.38 bits per heavy atom. The molecule has 0 aromatic carbocycles. The summed E-state index contributed by atoms with van der Waals surface area (Å²) in [7, 11) is 3.88. The van der Waals surface area contributed by atoms with Gasteiger partial charge in [-0.2, -0.15) is 0 Å². The minimum atomic E-state index is 0.759. The van der Waals surface area contributed by atoms with Gasteiger partial charge in [0.25, 0.3) is 0 Å². The molecule has 0 saturated carbocycles. The van der Waals surface area contributed by atoms with E-state index in [1.807, 2.05) is 21.0 Å². The number of ether oxygens (including phenoxy) is 1. The molecule has 1 aromatic heterocycles. The SMILES string of the molecule is CCOCCN(C)Cc1cnc(NC)cn1. The molecule has 1 N–H and O–H groups in total. The molecule has 0 aliphatic rings. The summed E-state index contributed by atoms with van der Waals surface area (Å²) in [6, 6.07) is 0. The quantitative estimate of drug-likeness (QED) is 0.700. The standard InChI is InChI=1S/C11H20N4O/c1-4-16-6-5-15(3)9-10-7-14-11(12-2)8-13-10/h7-8H,4-6,9H2,1-3H3,(H,12,14). The first-order chi connectivity index (χ1) is 7.76. The molecular weight excluding hydrogens is 204 g/mol. The zero-order chi connectivity index (χ0) is 11.8. The average Bonchev–Trinajstić information content (AvgIpc) is 2.30. The number of hydrogen-bond acceptors (Lipinski definition) is 5. The highest BCUT2D eigenvalue weighted by Gasteiger charge is 2.01. The molecule has 1 heterocycles. The molecule has 5 heteroatoms. The summed E-state index contributed by atoms with van der Waals surface area (Å²) in [5.74, 6) is 0.792. The largest absolute Gasteiger partial charge is 0.380 e. The van der Waals surface area contributed by atoms with Crippen molar-refractivity contribution >= 4 is 5.82 Å². The van der Waals surface area contributed by atoms with Gasteiger partial charge in [0, 0.05) is 26.7 Å². The Labute approximate surface area is 96.8 Å². The average molecular weight is 224 g/mol. The molecule has 1 rings (SSSR count). The first-order valence-electron chi connectivity index (χ1n) is 5.51. The summed E-state index contributed by atoms with van der Waals surface area (Å²) in [4.78, 5) is 10.7. The third kappa shape index (κ3) is 4.55. The normalized spacial score (nSPS) is 10.8. The van der Waals surface area contributed by atoms with Crippen LogP contribution in [0, 0.1) is 0 Å². The van der Waals surface area contributed by atoms with Crippen LogP contribution in [0.1, 0.15) is 12.6 Å². The number of aromatic nitrogens is 2. The maximum absolute atomic E-state index is 5.29. The minimum absolute atomic E-state index is 0.759. The molecule has 90 valence electrons. The van der Waals surface area contributed by atoms with Gasteiger partial charge in [-0.1, -0.05) is 0 Å². The van der Waals surface area contributed by atoms with Crippen LogP contribution >= 0.6 is 0 Å². The number of rotatable bonds is 7. The van der Waals surface area contributed by atoms with Gasteiger partial charge in [-0.25, -0.2) is 4.98 Å². The van der Waals surface area contributed by atoms with Crippen LogP contribution in [0.3, 0.4) is 0 Å². The predicted octanol–water partition coefficient (Wildman–Crippen LogP) is 0.987. The van der Waals surface area contributed by atoms with E-state index in [0.717, 1.165) is 37.8 Å². The molecule has 0 radical (unpaired) electrons. The summed E-state index contributed by atoms with van der Waals surface area (Å²) in [5.41, 5.74) is 0.970. The molecule has 16 heavy (non-hydrogen) atoms. The van der Waals surface area contributed by atoms with Crippen LogP contribution in [0.5, 0.6) is 0 Å². The van der Waals surface area contributed by atoms with Crippen LogP contribution in [0.2, 0.25) is 0 Å². The van der Waals surface area contributed by atoms with Gasteiger partial charge in [-0.05, 0) is 14.0 Å². The van der Waals surface area contributed by atoms with E-state index in [0.29, 0.717) is 0 Å². The van der Waals surface area contributed by atoms with Crippen LogP contribution in [0.25, 0.3) is 0 Å². The zero-order valence-corrected chi connectivity index (χ0v) is 10.2. The van der Waals surface area contributed by atoms with Crippen LogP contribution in [-0.2, 0) is 11.3 Å². The summed E-state index contributed by atoms with van der Waals surface area (Å²) in [6.07, 6.45) is 3.54. The topological polar surface area (TPSA) is 50.3 Å². The van der Waals surface area contributed by atoms with Crippen molar-refractivity contribution in [2.45, 2.75) is 13.5 Å². The molecule has 1 aromatic rings. The van der Waals surface area contributed by atoms with E-state index in [-0.39, 0.29) is 0 Å². The van der Waals surface area contributed by atoms with Crippen molar-refractivity contribution in [3.8, 4) is 0 Å². The molecule has 0 saturated heterocycles. The van der Waals surface area contributed by atoms with Gasteiger partial charge in [-0.15, -0.1) is 0 Å². The lowest BCUT2D eigenvalue weighted by atomic mass is 10.4. The molecule has 0 aliphatic heterocycles. The van der Waals surface area contributed by atoms with Gasteiger partial charge in [0.1, 0.15) is 5.82 Å². The Balaban J connectivity index is 2.34. The minimum Gasteiger partial charge on any atom is -0.380 e. The van der Waals surface area contributed by atoms with Gasteiger partial charge in [-0.3, -0.25) is 9.88 Å². The molecule has 0 aliphatic carbocycles. The zero-order valence-electron chi connectivity index (χ0n) is 10.2. The van der Waals surface area contributed by atoms with E-state index in [9.17, 15) is 0 Å². The molecule has 0 spiro atoms. The monoisotopic (exact) mass is 224 g/mol. The fraction of sp³-hybridized carbons (Fsp3) is 0.636. The highest BCUT2D eigenvalue weighted by atomic mass is 16.5. The molecular formula is C11H20N4O. The summed E-state index contributed by atoms with van der Waals surface area (Å²) >= 11 is 0. The Bertz CT molecular complexity index is 289. The van der Waals surface area contributed by atoms with Crippen LogP contribution in [0.15, 0.2) is 12.4 Å². The highest BCUT2D eigenvalue weighted by molar-refractivity contribution is 5.29. The van der Waals surface area contributed by atoms with Gasteiger partial charge in [0.2, 0.25) is 0 Å². The van der Waals surface area contributed by atoms with E-state index >= 15 is 0 Å². The van der Waals surface area contributed by atoms with Crippen LogP contribution < -0.4 is 5.32 Å². The second-order valence-corrected chi connectivity index (χ2v) is 3.58. The summed E-state index contributed by atoms with van der Waals surface area (Å²) < 4.78 is 5.29. The second-order valence-electron chi connectivity index (χ2n) is 3.58. The third-order valence-electron chi connectivity index (χ3n) is 2.21. The molecule has 0 fully saturated rings. The lowest BCUT2D eigenvalue weighted by Gasteiger charge is -2.15. The fourth-order valence-corrected chi connectivity index (χ4v) is 1.29. The fourth-order valence-electron chi connectivity index (χ4n) is 1.29. The van der Waals surface area contributed by atoms with Crippen molar-refractivity contribution in [2.24, 2.45) is 0 Å². The van der Waals surface area contributed by atoms with Gasteiger partial charge in [0.05, 0.1) is 24.7 Å². The maximum atomic E-state index is 5.29. The van der Waals surface area contributed by atoms with E-state index < -0.39 is 0 Å². The number of nitrogens with one attached hydrogen (secondary N) is 1. The van der Waals surface area contributed by atoms with Crippen molar-refractivity contribution < 1.29 is 4.74 Å². The van der Waals surface area contributed by atoms with E-state index in [1.165, 1.54) is 0 Å². The van der Waals surface area contributed by atoms with Crippen molar-refractivity contribution in [1.82, 2.24) is 14.9 Å². The number of nitrogens with zero attached hydrogens (tertiary/aromatic N) is 3. The van der Waals surface area contributed by atoms with Crippen molar-refractivity contribution in [2.75, 3.05) is 39.2 Å². The molecule has 0 unspecified atom stereocenters. The number of likely N-dealkylation sites (N-methyl/N-ethyl adjacent to an activating group) is 1. The predicted molar refractivity (Wildman–Crippen MR) is 64.4 cm³/mol. The Morgan fingerprint density at radius 2 is 2.19 bits per heavy atom. The molecule has 5 nitrogen and oxygen atoms in total. The lowest BCUT2D eigenvalue weighted by molar-refractivity contribution is 0.120. The van der Waals surface area contributed by atoms with Gasteiger partial charge in [0.15, 0.2) is 0 Å². The van der Waals surface area contributed by atoms with Crippen molar-refractivity contribution in [3.63, 3.8) is 0 Å². The van der Waals surface area contributed by atoms with Crippen molar-refractivity contribution in [3.05, 3.63) is 18.1 Å². The smallest absolute Gasteiger partial charge is 0.144 e. The Kier molecular flexibility index (Phi) is 5.74. The number of anilines is 1. The summed E-state index contributed by atoms with van der Waals surface area (Å²) in [6.45, 7) is 5.23. The first kappa shape index (κ1) is 12.9. The van der Waals surface area contributed by atoms with E-state index in [2.05, 4.69) is 20.2 Å². The highest BCUT2D eigenvalue weighted by Crippen LogP contribution is 2.02.